The second-order valence-electron chi connectivity index (χ2n) is 19.0. The first-order valence-electron chi connectivity index (χ1n) is 23.0. The Morgan fingerprint density at radius 1 is 1.00 bits per heavy atom. The number of pyridine rings is 1. The molecule has 7 heterocycles. The number of aromatic amines is 1. The molecule has 0 bridgehead atoms. The minimum absolute atomic E-state index is 0.0955. The molecule has 5 aromatic rings. The molecule has 18 heteroatoms. The molecule has 3 aromatic carbocycles. The predicted octanol–water partition coefficient (Wildman–Crippen LogP) is 6.64. The van der Waals surface area contributed by atoms with Crippen molar-refractivity contribution in [2.75, 3.05) is 74.3 Å². The fourth-order valence-corrected chi connectivity index (χ4v) is 12.2. The van der Waals surface area contributed by atoms with Crippen LogP contribution in [-0.2, 0) is 24.2 Å². The lowest BCUT2D eigenvalue weighted by atomic mass is 9.60. The van der Waals surface area contributed by atoms with E-state index in [2.05, 4.69) is 62.9 Å². The maximum Gasteiger partial charge on any atom is 0.293 e. The molecule has 1 saturated carbocycles. The highest BCUT2D eigenvalue weighted by atomic mass is 32.2. The van der Waals surface area contributed by atoms with Gasteiger partial charge in [0.25, 0.3) is 21.6 Å². The third kappa shape index (κ3) is 7.71. The summed E-state index contributed by atoms with van der Waals surface area (Å²) in [5.74, 6) is -0.0551. The minimum atomic E-state index is -4.61. The number of likely N-dealkylation sites (tertiary alicyclic amines) is 1. The highest BCUT2D eigenvalue weighted by molar-refractivity contribution is 7.90. The number of hydrogen-bond acceptors (Lipinski definition) is 14. The number of fused-ring (bicyclic) bond motifs is 3. The Labute approximate surface area is 382 Å². The lowest BCUT2D eigenvalue weighted by Gasteiger charge is -2.62. The summed E-state index contributed by atoms with van der Waals surface area (Å²) in [7, 11) is -4.61. The molecule has 66 heavy (non-hydrogen) atoms. The van der Waals surface area contributed by atoms with Gasteiger partial charge in [-0.3, -0.25) is 19.8 Å². The first kappa shape index (κ1) is 42.8. The van der Waals surface area contributed by atoms with E-state index in [9.17, 15) is 23.3 Å². The topological polar surface area (TPSA) is 194 Å². The van der Waals surface area contributed by atoms with Gasteiger partial charge in [-0.15, -0.1) is 0 Å². The molecule has 1 spiro atoms. The van der Waals surface area contributed by atoms with Gasteiger partial charge in [-0.25, -0.2) is 13.1 Å². The highest BCUT2D eigenvalue weighted by Crippen LogP contribution is 2.55. The lowest BCUT2D eigenvalue weighted by Crippen LogP contribution is -2.66. The van der Waals surface area contributed by atoms with Crippen molar-refractivity contribution in [2.24, 2.45) is 5.41 Å². The zero-order valence-corrected chi connectivity index (χ0v) is 37.8. The summed E-state index contributed by atoms with van der Waals surface area (Å²) in [4.78, 5) is 40.7. The summed E-state index contributed by atoms with van der Waals surface area (Å²) in [5, 5.41) is 16.0. The average molecular weight is 919 g/mol. The van der Waals surface area contributed by atoms with Gasteiger partial charge in [-0.05, 0) is 91.7 Å². The monoisotopic (exact) mass is 918 g/mol. The van der Waals surface area contributed by atoms with Crippen LogP contribution in [0, 0.1) is 15.5 Å². The van der Waals surface area contributed by atoms with Gasteiger partial charge in [0, 0.05) is 60.5 Å². The minimum Gasteiger partial charge on any atom is -0.468 e. The molecule has 11 rings (SSSR count). The van der Waals surface area contributed by atoms with Crippen molar-refractivity contribution in [3.05, 3.63) is 106 Å². The summed E-state index contributed by atoms with van der Waals surface area (Å²) in [6.07, 6.45) is 5.71. The summed E-state index contributed by atoms with van der Waals surface area (Å²) < 4.78 is 53.7. The third-order valence-corrected chi connectivity index (χ3v) is 15.8. The summed E-state index contributed by atoms with van der Waals surface area (Å²) in [5.41, 5.74) is 5.50. The summed E-state index contributed by atoms with van der Waals surface area (Å²) in [6, 6.07) is 22.4. The SMILES string of the molecule is CC(C)c1ccccc1[C@@H]1CCCN1C1CC2(C1)CN(c1ccc(C(=O)NS(=O)(=O)c3ccc(NC[C@H]4COCCO4)c([N+](=O)[O-])c3)c(N3c4cc5cc[nH]c5nc4O[C@H]4COC[C@@H]43)c1)C2. The van der Waals surface area contributed by atoms with E-state index in [0.717, 1.165) is 49.6 Å². The molecule has 2 aromatic heterocycles. The fraction of sp³-hybridized carbons (Fsp3) is 0.458. The predicted molar refractivity (Wildman–Crippen MR) is 247 cm³/mol. The van der Waals surface area contributed by atoms with Crippen LogP contribution >= 0.6 is 0 Å². The molecule has 6 aliphatic rings. The van der Waals surface area contributed by atoms with Crippen LogP contribution in [-0.4, -0.2) is 118 Å². The Morgan fingerprint density at radius 3 is 2.65 bits per heavy atom. The Kier molecular flexibility index (Phi) is 10.9. The van der Waals surface area contributed by atoms with E-state index in [1.54, 1.807) is 12.3 Å². The molecular formula is C48H54N8O9S. The van der Waals surface area contributed by atoms with Crippen LogP contribution < -0.4 is 24.6 Å². The number of nitro groups is 1. The van der Waals surface area contributed by atoms with E-state index < -0.39 is 37.5 Å². The number of ether oxygens (including phenoxy) is 4. The van der Waals surface area contributed by atoms with Gasteiger partial charge in [0.1, 0.15) is 23.1 Å². The number of rotatable bonds is 12. The molecule has 346 valence electrons. The second-order valence-corrected chi connectivity index (χ2v) is 20.7. The molecule has 5 fully saturated rings. The van der Waals surface area contributed by atoms with Crippen molar-refractivity contribution < 1.29 is 37.1 Å². The third-order valence-electron chi connectivity index (χ3n) is 14.4. The van der Waals surface area contributed by atoms with Gasteiger partial charge in [0.2, 0.25) is 5.88 Å². The van der Waals surface area contributed by atoms with Gasteiger partial charge in [-0.2, -0.15) is 4.98 Å². The Morgan fingerprint density at radius 2 is 1.85 bits per heavy atom. The zero-order valence-electron chi connectivity index (χ0n) is 37.0. The molecule has 1 amide bonds. The van der Waals surface area contributed by atoms with Crippen molar-refractivity contribution in [3.63, 3.8) is 0 Å². The maximum absolute atomic E-state index is 14.5. The van der Waals surface area contributed by atoms with Crippen LogP contribution in [0.15, 0.2) is 83.9 Å². The molecule has 0 unspecified atom stereocenters. The van der Waals surface area contributed by atoms with Crippen molar-refractivity contribution in [2.45, 2.75) is 80.7 Å². The standard InChI is InChI=1S/C48H54N8O9S/c1-29(2)35-6-3-4-7-36(35)39-8-5-15-54(39)32-21-48(22-32)27-53(28-48)31-9-11-37(40(19-31)55-42-18-30-13-14-49-45(30)51-47(42)65-44-26-63-25-43(44)55)46(57)52-66(60,61)34-10-12-38(41(20-34)56(58)59)50-23-33-24-62-16-17-64-33/h3-4,6-7,9-14,18-20,29,32-33,39,43-44,50H,5,8,15-17,21-28H2,1-2H3,(H,49,51)(H,52,57)/t33-,39-,43-,44-/m0/s1. The zero-order chi connectivity index (χ0) is 45.3. The van der Waals surface area contributed by atoms with Crippen LogP contribution in [0.4, 0.5) is 28.4 Å². The van der Waals surface area contributed by atoms with Gasteiger partial charge >= 0.3 is 0 Å². The number of hydrogen-bond donors (Lipinski definition) is 3. The number of anilines is 4. The summed E-state index contributed by atoms with van der Waals surface area (Å²) in [6.45, 7) is 9.45. The van der Waals surface area contributed by atoms with E-state index in [4.69, 9.17) is 23.9 Å². The Bertz CT molecular complexity index is 2800. The van der Waals surface area contributed by atoms with Crippen molar-refractivity contribution in [1.82, 2.24) is 19.6 Å². The first-order valence-corrected chi connectivity index (χ1v) is 24.5. The second kappa shape index (κ2) is 16.8. The van der Waals surface area contributed by atoms with Crippen LogP contribution in [0.3, 0.4) is 0 Å². The number of sulfonamides is 1. The number of H-pyrrole nitrogens is 1. The molecule has 17 nitrogen and oxygen atoms in total. The smallest absolute Gasteiger partial charge is 0.293 e. The molecule has 5 aliphatic heterocycles. The average Bonchev–Trinajstić information content (AvgIpc) is 4.08. The fourth-order valence-electron chi connectivity index (χ4n) is 11.2. The van der Waals surface area contributed by atoms with E-state index in [0.29, 0.717) is 73.9 Å². The van der Waals surface area contributed by atoms with E-state index in [1.165, 1.54) is 36.1 Å². The Hall–Kier alpha value is -5.79. The number of benzene rings is 3. The van der Waals surface area contributed by atoms with E-state index in [-0.39, 0.29) is 35.4 Å². The van der Waals surface area contributed by atoms with Crippen LogP contribution in [0.25, 0.3) is 11.0 Å². The number of carbonyl (C=O) groups is 1. The van der Waals surface area contributed by atoms with Gasteiger partial charge in [0.15, 0.2) is 0 Å². The highest BCUT2D eigenvalue weighted by Gasteiger charge is 2.55. The Balaban J connectivity index is 0.875. The summed E-state index contributed by atoms with van der Waals surface area (Å²) >= 11 is 0. The van der Waals surface area contributed by atoms with Crippen molar-refractivity contribution in [1.29, 1.82) is 0 Å². The quantitative estimate of drug-likeness (QED) is 0.0890. The van der Waals surface area contributed by atoms with E-state index >= 15 is 0 Å². The molecule has 1 aliphatic carbocycles. The largest absolute Gasteiger partial charge is 0.468 e. The molecule has 4 saturated heterocycles. The van der Waals surface area contributed by atoms with Crippen LogP contribution in [0.2, 0.25) is 0 Å². The molecular weight excluding hydrogens is 865 g/mol. The van der Waals surface area contributed by atoms with Gasteiger partial charge < -0.3 is 39.0 Å². The molecule has 4 atom stereocenters. The molecule has 0 radical (unpaired) electrons. The van der Waals surface area contributed by atoms with Gasteiger partial charge in [0.05, 0.1) is 66.2 Å². The normalized spacial score (nSPS) is 23.9. The number of nitro benzene ring substituents is 1. The molecule has 3 N–H and O–H groups in total. The number of amides is 1. The van der Waals surface area contributed by atoms with Crippen molar-refractivity contribution >= 4 is 55.4 Å². The lowest BCUT2D eigenvalue weighted by molar-refractivity contribution is -0.384. The number of carbonyl (C=O) groups excluding carboxylic acids is 1. The van der Waals surface area contributed by atoms with Crippen LogP contribution in [0.1, 0.15) is 73.0 Å². The maximum atomic E-state index is 14.5. The first-order chi connectivity index (χ1) is 31.9. The van der Waals surface area contributed by atoms with Crippen molar-refractivity contribution in [3.8, 4) is 5.88 Å². The number of nitrogens with zero attached hydrogens (tertiary/aromatic N) is 5. The van der Waals surface area contributed by atoms with E-state index in [1.807, 2.05) is 29.2 Å². The van der Waals surface area contributed by atoms with Gasteiger partial charge in [-0.1, -0.05) is 38.1 Å². The van der Waals surface area contributed by atoms with Crippen LogP contribution in [0.5, 0.6) is 5.88 Å². The number of nitrogens with one attached hydrogen (secondary N) is 3. The number of aromatic nitrogens is 2.